The molecule has 2 N–H and O–H groups in total. The fourth-order valence-electron chi connectivity index (χ4n) is 1.72. The van der Waals surface area contributed by atoms with Crippen LogP contribution < -0.4 is 5.32 Å². The molecule has 84 valence electrons. The van der Waals surface area contributed by atoms with E-state index in [4.69, 9.17) is 5.11 Å². The van der Waals surface area contributed by atoms with Crippen molar-refractivity contribution in [1.82, 2.24) is 10.2 Å². The minimum Gasteiger partial charge on any atom is -0.465 e. The Labute approximate surface area is 87.2 Å². The van der Waals surface area contributed by atoms with Gasteiger partial charge in [-0.05, 0) is 12.3 Å². The molecule has 1 aliphatic heterocycles. The lowest BCUT2D eigenvalue weighted by Crippen LogP contribution is -2.44. The number of nitrogens with one attached hydrogen (secondary N) is 1. The fourth-order valence-corrected chi connectivity index (χ4v) is 1.72. The van der Waals surface area contributed by atoms with Gasteiger partial charge in [-0.3, -0.25) is 4.79 Å². The van der Waals surface area contributed by atoms with Crippen molar-refractivity contribution in [2.45, 2.75) is 19.4 Å². The van der Waals surface area contributed by atoms with Gasteiger partial charge in [-0.2, -0.15) is 0 Å². The third kappa shape index (κ3) is 2.68. The molecule has 15 heavy (non-hydrogen) atoms. The van der Waals surface area contributed by atoms with Crippen molar-refractivity contribution >= 4 is 18.3 Å². The molecule has 0 aliphatic carbocycles. The van der Waals surface area contributed by atoms with Crippen LogP contribution in [0.3, 0.4) is 0 Å². The van der Waals surface area contributed by atoms with Crippen molar-refractivity contribution in [2.75, 3.05) is 13.1 Å². The molecule has 1 rings (SSSR count). The number of hydrogen-bond donors (Lipinski definition) is 2. The number of carbonyl (C=O) groups excluding carboxylic acids is 2. The maximum atomic E-state index is 11.5. The van der Waals surface area contributed by atoms with E-state index >= 15 is 0 Å². The Hall–Kier alpha value is -1.59. The van der Waals surface area contributed by atoms with E-state index in [9.17, 15) is 14.4 Å². The highest BCUT2D eigenvalue weighted by Gasteiger charge is 2.33. The summed E-state index contributed by atoms with van der Waals surface area (Å²) in [6.07, 6.45) is 0.289. The molecule has 2 unspecified atom stereocenters. The van der Waals surface area contributed by atoms with E-state index in [1.807, 2.05) is 12.2 Å². The van der Waals surface area contributed by atoms with Crippen LogP contribution in [0.25, 0.3) is 0 Å². The summed E-state index contributed by atoms with van der Waals surface area (Å²) < 4.78 is 0. The van der Waals surface area contributed by atoms with Crippen molar-refractivity contribution in [2.24, 2.45) is 5.92 Å². The van der Waals surface area contributed by atoms with Crippen LogP contribution >= 0.6 is 0 Å². The molecule has 1 aliphatic rings. The second-order valence-electron chi connectivity index (χ2n) is 3.64. The van der Waals surface area contributed by atoms with Gasteiger partial charge < -0.3 is 20.1 Å². The van der Waals surface area contributed by atoms with Crippen molar-refractivity contribution in [3.63, 3.8) is 0 Å². The molecule has 0 spiro atoms. The molecule has 2 amide bonds. The van der Waals surface area contributed by atoms with Gasteiger partial charge in [-0.15, -0.1) is 0 Å². The van der Waals surface area contributed by atoms with Gasteiger partial charge in [0, 0.05) is 6.54 Å². The van der Waals surface area contributed by atoms with Gasteiger partial charge in [0.05, 0.1) is 6.04 Å². The average molecular weight is 214 g/mol. The van der Waals surface area contributed by atoms with Crippen LogP contribution in [0.15, 0.2) is 0 Å². The first-order valence-electron chi connectivity index (χ1n) is 4.77. The van der Waals surface area contributed by atoms with E-state index < -0.39 is 12.1 Å². The van der Waals surface area contributed by atoms with E-state index in [2.05, 4.69) is 0 Å². The lowest BCUT2D eigenvalue weighted by atomic mass is 10.0. The zero-order valence-electron chi connectivity index (χ0n) is 8.47. The van der Waals surface area contributed by atoms with Gasteiger partial charge in [-0.25, -0.2) is 4.79 Å². The smallest absolute Gasteiger partial charge is 0.405 e. The monoisotopic (exact) mass is 214 g/mol. The van der Waals surface area contributed by atoms with Gasteiger partial charge in [0.2, 0.25) is 5.91 Å². The number of amides is 2. The molecular weight excluding hydrogens is 200 g/mol. The number of carbonyl (C=O) groups is 3. The minimum atomic E-state index is -1.24. The van der Waals surface area contributed by atoms with Crippen molar-refractivity contribution in [3.8, 4) is 0 Å². The van der Waals surface area contributed by atoms with E-state index in [0.29, 0.717) is 6.54 Å². The summed E-state index contributed by atoms with van der Waals surface area (Å²) in [6.45, 7) is 2.15. The van der Waals surface area contributed by atoms with E-state index in [0.717, 1.165) is 12.7 Å². The highest BCUT2D eigenvalue weighted by Crippen LogP contribution is 2.21. The number of carboxylic acid groups (broad SMARTS) is 1. The summed E-state index contributed by atoms with van der Waals surface area (Å²) in [6, 6.07) is -0.409. The first kappa shape index (κ1) is 11.5. The van der Waals surface area contributed by atoms with Crippen molar-refractivity contribution < 1.29 is 19.5 Å². The predicted octanol–water partition coefficient (Wildman–Crippen LogP) is -0.310. The molecule has 0 aromatic heterocycles. The SMILES string of the molecule is CC1CCN(C(=O)CNC(=O)O)C1C=O. The van der Waals surface area contributed by atoms with Crippen LogP contribution in [0.1, 0.15) is 13.3 Å². The van der Waals surface area contributed by atoms with E-state index in [-0.39, 0.29) is 18.4 Å². The second kappa shape index (κ2) is 4.77. The van der Waals surface area contributed by atoms with Crippen molar-refractivity contribution in [3.05, 3.63) is 0 Å². The molecule has 1 saturated heterocycles. The zero-order valence-corrected chi connectivity index (χ0v) is 8.47. The largest absolute Gasteiger partial charge is 0.465 e. The Balaban J connectivity index is 2.52. The quantitative estimate of drug-likeness (QED) is 0.631. The van der Waals surface area contributed by atoms with Gasteiger partial charge in [0.15, 0.2) is 0 Å². The number of hydrogen-bond acceptors (Lipinski definition) is 3. The lowest BCUT2D eigenvalue weighted by molar-refractivity contribution is -0.134. The number of rotatable bonds is 3. The van der Waals surface area contributed by atoms with Gasteiger partial charge >= 0.3 is 6.09 Å². The van der Waals surface area contributed by atoms with Gasteiger partial charge in [-0.1, -0.05) is 6.92 Å². The van der Waals surface area contributed by atoms with Crippen LogP contribution in [-0.4, -0.2) is 47.4 Å². The van der Waals surface area contributed by atoms with Crippen LogP contribution in [0.4, 0.5) is 4.79 Å². The Kier molecular flexibility index (Phi) is 3.65. The standard InChI is InChI=1S/C9H14N2O4/c1-6-2-3-11(7(6)5-12)8(13)4-10-9(14)15/h5-7,10H,2-4H2,1H3,(H,14,15). The summed E-state index contributed by atoms with van der Waals surface area (Å²) in [5, 5.41) is 10.3. The molecule has 6 nitrogen and oxygen atoms in total. The molecule has 0 saturated carbocycles. The van der Waals surface area contributed by atoms with Crippen LogP contribution in [0.2, 0.25) is 0 Å². The van der Waals surface area contributed by atoms with Crippen molar-refractivity contribution in [1.29, 1.82) is 0 Å². The topological polar surface area (TPSA) is 86.7 Å². The molecule has 0 aromatic carbocycles. The first-order chi connectivity index (χ1) is 7.06. The third-order valence-electron chi connectivity index (χ3n) is 2.62. The molecule has 0 bridgehead atoms. The predicted molar refractivity (Wildman–Crippen MR) is 51.4 cm³/mol. The summed E-state index contributed by atoms with van der Waals surface area (Å²) in [5.74, 6) is -0.199. The van der Waals surface area contributed by atoms with Crippen LogP contribution in [0, 0.1) is 5.92 Å². The van der Waals surface area contributed by atoms with Gasteiger partial charge in [0.25, 0.3) is 0 Å². The Morgan fingerprint density at radius 3 is 2.80 bits per heavy atom. The number of nitrogens with zero attached hydrogens (tertiary/aromatic N) is 1. The molecule has 6 heteroatoms. The minimum absolute atomic E-state index is 0.149. The summed E-state index contributed by atoms with van der Waals surface area (Å²) >= 11 is 0. The van der Waals surface area contributed by atoms with Crippen LogP contribution in [0.5, 0.6) is 0 Å². The lowest BCUT2D eigenvalue weighted by Gasteiger charge is -2.21. The molecule has 2 atom stereocenters. The van der Waals surface area contributed by atoms with Gasteiger partial charge in [0.1, 0.15) is 12.8 Å². The molecule has 1 fully saturated rings. The Bertz CT molecular complexity index is 279. The fraction of sp³-hybridized carbons (Fsp3) is 0.667. The molecular formula is C9H14N2O4. The third-order valence-corrected chi connectivity index (χ3v) is 2.62. The zero-order chi connectivity index (χ0) is 11.4. The molecule has 1 heterocycles. The summed E-state index contributed by atoms with van der Waals surface area (Å²) in [4.78, 5) is 33.9. The Morgan fingerprint density at radius 1 is 1.60 bits per heavy atom. The number of aldehydes is 1. The average Bonchev–Trinajstić information content (AvgIpc) is 2.55. The number of likely N-dealkylation sites (tertiary alicyclic amines) is 1. The second-order valence-corrected chi connectivity index (χ2v) is 3.64. The maximum Gasteiger partial charge on any atom is 0.405 e. The summed E-state index contributed by atoms with van der Waals surface area (Å²) in [7, 11) is 0. The maximum absolute atomic E-state index is 11.5. The molecule has 0 aromatic rings. The highest BCUT2D eigenvalue weighted by atomic mass is 16.4. The van der Waals surface area contributed by atoms with Crippen LogP contribution in [-0.2, 0) is 9.59 Å². The first-order valence-corrected chi connectivity index (χ1v) is 4.77. The van der Waals surface area contributed by atoms with E-state index in [1.165, 1.54) is 4.90 Å². The Morgan fingerprint density at radius 2 is 2.27 bits per heavy atom. The summed E-state index contributed by atoms with van der Waals surface area (Å²) in [5.41, 5.74) is 0. The molecule has 0 radical (unpaired) electrons. The normalized spacial score (nSPS) is 25.0. The van der Waals surface area contributed by atoms with E-state index in [1.54, 1.807) is 0 Å². The highest BCUT2D eigenvalue weighted by molar-refractivity contribution is 5.84.